The fraction of sp³-hybridized carbons (Fsp3) is 0.208. The van der Waals surface area contributed by atoms with E-state index in [0.29, 0.717) is 16.4 Å². The third-order valence-electron chi connectivity index (χ3n) is 4.92. The molecular formula is C24H22FN3O3S. The molecule has 0 radical (unpaired) electrons. The van der Waals surface area contributed by atoms with Crippen LogP contribution in [0, 0.1) is 24.1 Å². The maximum atomic E-state index is 14.7. The molecule has 1 atom stereocenters. The third-order valence-corrected chi connectivity index (χ3v) is 5.94. The second kappa shape index (κ2) is 10.2. The fourth-order valence-corrected chi connectivity index (χ4v) is 4.38. The first kappa shape index (κ1) is 23.1. The lowest BCUT2D eigenvalue weighted by atomic mass is 9.82. The van der Waals surface area contributed by atoms with Crippen LogP contribution in [0.15, 0.2) is 70.4 Å². The smallest absolute Gasteiger partial charge is 0.336 e. The number of carbonyl (C=O) groups excluding carboxylic acids is 2. The molecule has 2 aromatic carbocycles. The molecule has 1 amide bonds. The van der Waals surface area contributed by atoms with Crippen molar-refractivity contribution in [3.05, 3.63) is 87.3 Å². The van der Waals surface area contributed by atoms with E-state index in [-0.39, 0.29) is 28.4 Å². The number of hydrogen-bond acceptors (Lipinski definition) is 6. The Morgan fingerprint density at radius 1 is 1.22 bits per heavy atom. The highest BCUT2D eigenvalue weighted by molar-refractivity contribution is 8.03. The molecule has 2 N–H and O–H groups in total. The summed E-state index contributed by atoms with van der Waals surface area (Å²) in [6.07, 6.45) is 0. The predicted molar refractivity (Wildman–Crippen MR) is 122 cm³/mol. The summed E-state index contributed by atoms with van der Waals surface area (Å²) in [4.78, 5) is 24.9. The van der Waals surface area contributed by atoms with Crippen LogP contribution in [-0.2, 0) is 14.3 Å². The van der Waals surface area contributed by atoms with Crippen LogP contribution in [0.25, 0.3) is 0 Å². The van der Waals surface area contributed by atoms with Gasteiger partial charge in [-0.1, -0.05) is 42.1 Å². The van der Waals surface area contributed by atoms with Gasteiger partial charge < -0.3 is 15.4 Å². The molecule has 0 bridgehead atoms. The summed E-state index contributed by atoms with van der Waals surface area (Å²) in [6.45, 7) is 3.58. The molecular weight excluding hydrogens is 429 g/mol. The van der Waals surface area contributed by atoms with E-state index >= 15 is 0 Å². The molecule has 0 aliphatic carbocycles. The second-order valence-corrected chi connectivity index (χ2v) is 8.16. The SMILES string of the molecule is COC(=O)C1=C(C)NC(SCC(=O)Nc2cccc(C)c2)=C(C#N)C1c1ccccc1F. The average Bonchev–Trinajstić information content (AvgIpc) is 2.77. The second-order valence-electron chi connectivity index (χ2n) is 7.17. The highest BCUT2D eigenvalue weighted by Gasteiger charge is 2.36. The van der Waals surface area contributed by atoms with Gasteiger partial charge in [-0.2, -0.15) is 5.26 Å². The first-order valence-electron chi connectivity index (χ1n) is 9.79. The van der Waals surface area contributed by atoms with Crippen molar-refractivity contribution in [2.24, 2.45) is 0 Å². The van der Waals surface area contributed by atoms with Crippen molar-refractivity contribution in [1.82, 2.24) is 5.32 Å². The number of halogens is 1. The monoisotopic (exact) mass is 451 g/mol. The number of methoxy groups -OCH3 is 1. The van der Waals surface area contributed by atoms with Crippen molar-refractivity contribution in [2.75, 3.05) is 18.2 Å². The lowest BCUT2D eigenvalue weighted by molar-refractivity contribution is -0.136. The lowest BCUT2D eigenvalue weighted by Gasteiger charge is -2.29. The number of nitriles is 1. The van der Waals surface area contributed by atoms with E-state index in [0.717, 1.165) is 17.3 Å². The number of rotatable bonds is 6. The first-order valence-corrected chi connectivity index (χ1v) is 10.8. The topological polar surface area (TPSA) is 91.2 Å². The van der Waals surface area contributed by atoms with Gasteiger partial charge in [0.2, 0.25) is 5.91 Å². The molecule has 1 aliphatic heterocycles. The molecule has 164 valence electrons. The van der Waals surface area contributed by atoms with Crippen LogP contribution in [-0.4, -0.2) is 24.7 Å². The summed E-state index contributed by atoms with van der Waals surface area (Å²) in [6, 6.07) is 15.5. The fourth-order valence-electron chi connectivity index (χ4n) is 3.48. The van der Waals surface area contributed by atoms with Crippen LogP contribution in [0.5, 0.6) is 0 Å². The molecule has 0 saturated carbocycles. The third kappa shape index (κ3) is 5.01. The molecule has 8 heteroatoms. The summed E-state index contributed by atoms with van der Waals surface area (Å²) in [5.41, 5.74) is 2.62. The van der Waals surface area contributed by atoms with Crippen LogP contribution in [0.4, 0.5) is 10.1 Å². The zero-order valence-electron chi connectivity index (χ0n) is 17.9. The number of nitrogens with one attached hydrogen (secondary N) is 2. The molecule has 2 aromatic rings. The van der Waals surface area contributed by atoms with Crippen molar-refractivity contribution in [2.45, 2.75) is 19.8 Å². The van der Waals surface area contributed by atoms with Crippen molar-refractivity contribution in [1.29, 1.82) is 5.26 Å². The molecule has 1 aliphatic rings. The number of nitrogens with zero attached hydrogens (tertiary/aromatic N) is 1. The molecule has 0 saturated heterocycles. The van der Waals surface area contributed by atoms with Gasteiger partial charge in [-0.3, -0.25) is 4.79 Å². The van der Waals surface area contributed by atoms with E-state index < -0.39 is 17.7 Å². The van der Waals surface area contributed by atoms with Gasteiger partial charge in [-0.15, -0.1) is 0 Å². The number of hydrogen-bond donors (Lipinski definition) is 2. The zero-order valence-corrected chi connectivity index (χ0v) is 18.7. The minimum Gasteiger partial charge on any atom is -0.466 e. The largest absolute Gasteiger partial charge is 0.466 e. The van der Waals surface area contributed by atoms with E-state index in [1.807, 2.05) is 25.1 Å². The van der Waals surface area contributed by atoms with Gasteiger partial charge in [0.15, 0.2) is 0 Å². The Morgan fingerprint density at radius 3 is 2.62 bits per heavy atom. The Kier molecular flexibility index (Phi) is 7.33. The number of amides is 1. The number of carbonyl (C=O) groups is 2. The predicted octanol–water partition coefficient (Wildman–Crippen LogP) is 4.38. The van der Waals surface area contributed by atoms with Crippen LogP contribution in [0.3, 0.4) is 0 Å². The number of esters is 1. The van der Waals surface area contributed by atoms with Crippen molar-refractivity contribution < 1.29 is 18.7 Å². The van der Waals surface area contributed by atoms with Crippen molar-refractivity contribution >= 4 is 29.3 Å². The number of aryl methyl sites for hydroxylation is 1. The Balaban J connectivity index is 1.91. The minimum absolute atomic E-state index is 0.0201. The average molecular weight is 452 g/mol. The molecule has 1 unspecified atom stereocenters. The Morgan fingerprint density at radius 2 is 1.97 bits per heavy atom. The zero-order chi connectivity index (χ0) is 23.3. The Hall–Kier alpha value is -3.57. The lowest BCUT2D eigenvalue weighted by Crippen LogP contribution is -2.29. The summed E-state index contributed by atoms with van der Waals surface area (Å²) >= 11 is 1.12. The molecule has 0 aromatic heterocycles. The normalized spacial score (nSPS) is 15.7. The molecule has 3 rings (SSSR count). The number of anilines is 1. The molecule has 0 fully saturated rings. The standard InChI is InChI=1S/C24H22FN3O3S/c1-14-7-6-8-16(11-14)28-20(29)13-32-23-18(12-26)22(17-9-4-5-10-19(17)25)21(15(2)27-23)24(30)31-3/h4-11,22,27H,13H2,1-3H3,(H,28,29). The van der Waals surface area contributed by atoms with E-state index in [1.165, 1.54) is 25.3 Å². The van der Waals surface area contributed by atoms with Gasteiger partial charge in [0.1, 0.15) is 5.82 Å². The van der Waals surface area contributed by atoms with Gasteiger partial charge in [0.05, 0.1) is 41.0 Å². The highest BCUT2D eigenvalue weighted by Crippen LogP contribution is 2.41. The maximum absolute atomic E-state index is 14.7. The van der Waals surface area contributed by atoms with Crippen LogP contribution in [0.1, 0.15) is 24.0 Å². The van der Waals surface area contributed by atoms with E-state index in [9.17, 15) is 19.2 Å². The molecule has 6 nitrogen and oxygen atoms in total. The maximum Gasteiger partial charge on any atom is 0.336 e. The summed E-state index contributed by atoms with van der Waals surface area (Å²) < 4.78 is 19.6. The number of allylic oxidation sites excluding steroid dienone is 2. The summed E-state index contributed by atoms with van der Waals surface area (Å²) in [7, 11) is 1.23. The number of thioether (sulfide) groups is 1. The van der Waals surface area contributed by atoms with E-state index in [4.69, 9.17) is 4.74 Å². The van der Waals surface area contributed by atoms with Gasteiger partial charge in [-0.25, -0.2) is 9.18 Å². The Bertz CT molecular complexity index is 1170. The number of benzene rings is 2. The Labute approximate surface area is 190 Å². The van der Waals surface area contributed by atoms with Crippen molar-refractivity contribution in [3.63, 3.8) is 0 Å². The van der Waals surface area contributed by atoms with E-state index in [1.54, 1.807) is 19.1 Å². The van der Waals surface area contributed by atoms with Crippen LogP contribution >= 0.6 is 11.8 Å². The molecule has 1 heterocycles. The number of dihydropyridines is 1. The first-order chi connectivity index (χ1) is 15.3. The van der Waals surface area contributed by atoms with Crippen molar-refractivity contribution in [3.8, 4) is 6.07 Å². The molecule has 0 spiro atoms. The quantitative estimate of drug-likeness (QED) is 0.634. The van der Waals surface area contributed by atoms with Crippen LogP contribution in [0.2, 0.25) is 0 Å². The minimum atomic E-state index is -0.947. The van der Waals surface area contributed by atoms with Gasteiger partial charge in [0, 0.05) is 16.9 Å². The van der Waals surface area contributed by atoms with E-state index in [2.05, 4.69) is 16.7 Å². The summed E-state index contributed by atoms with van der Waals surface area (Å²) in [5.74, 6) is -2.38. The van der Waals surface area contributed by atoms with Gasteiger partial charge >= 0.3 is 5.97 Å². The molecule has 32 heavy (non-hydrogen) atoms. The van der Waals surface area contributed by atoms with Gasteiger partial charge in [-0.05, 0) is 37.6 Å². The number of ether oxygens (including phenoxy) is 1. The summed E-state index contributed by atoms with van der Waals surface area (Å²) in [5, 5.41) is 16.2. The highest BCUT2D eigenvalue weighted by atomic mass is 32.2. The van der Waals surface area contributed by atoms with Crippen LogP contribution < -0.4 is 10.6 Å². The van der Waals surface area contributed by atoms with Gasteiger partial charge in [0.25, 0.3) is 0 Å².